The number of aromatic nitrogens is 1. The number of methoxy groups -OCH3 is 1. The Labute approximate surface area is 210 Å². The maximum Gasteiger partial charge on any atom is 0.185 e. The van der Waals surface area contributed by atoms with Gasteiger partial charge < -0.3 is 9.64 Å². The van der Waals surface area contributed by atoms with Gasteiger partial charge in [-0.25, -0.2) is 13.4 Å². The molecule has 1 fully saturated rings. The molecule has 4 rings (SSSR count). The minimum absolute atomic E-state index is 0.240. The second-order valence-corrected chi connectivity index (χ2v) is 12.4. The fraction of sp³-hybridized carbons (Fsp3) is 0.318. The third kappa shape index (κ3) is 5.25. The van der Waals surface area contributed by atoms with Gasteiger partial charge in [0, 0.05) is 39.4 Å². The van der Waals surface area contributed by atoms with Crippen molar-refractivity contribution in [1.29, 1.82) is 0 Å². The average Bonchev–Trinajstić information content (AvgIpc) is 3.21. The highest BCUT2D eigenvalue weighted by Crippen LogP contribution is 2.34. The Bertz CT molecular complexity index is 1210. The van der Waals surface area contributed by atoms with Crippen LogP contribution >= 0.6 is 50.5 Å². The van der Waals surface area contributed by atoms with Crippen molar-refractivity contribution in [2.75, 3.05) is 25.1 Å². The first kappa shape index (κ1) is 23.8. The topological polar surface area (TPSA) is 59.5 Å². The number of sulfone groups is 1. The van der Waals surface area contributed by atoms with E-state index in [2.05, 4.69) is 20.8 Å². The molecule has 2 aromatic carbocycles. The van der Waals surface area contributed by atoms with Gasteiger partial charge in [-0.05, 0) is 54.8 Å². The Morgan fingerprint density at radius 3 is 2.50 bits per heavy atom. The first-order valence-electron chi connectivity index (χ1n) is 9.98. The number of halogens is 3. The van der Waals surface area contributed by atoms with Gasteiger partial charge in [-0.2, -0.15) is 0 Å². The number of anilines is 1. The molecule has 1 saturated heterocycles. The van der Waals surface area contributed by atoms with Crippen molar-refractivity contribution < 1.29 is 13.2 Å². The van der Waals surface area contributed by atoms with Crippen molar-refractivity contribution in [2.24, 2.45) is 0 Å². The SMILES string of the molecule is COc1ccc(Br)cc1S(=O)(=O)C1CCN(c2nc(Cc3cc(Cl)cc(Cl)c3)cs2)CC1. The standard InChI is InChI=1S/C22H21BrCl2N2O3S2/c1-30-20-3-2-15(23)11-21(20)32(28,29)19-4-6-27(7-5-19)22-26-18(13-31-22)10-14-8-16(24)12-17(25)9-14/h2-3,8-9,11-13,19H,4-7,10H2,1H3. The Morgan fingerprint density at radius 1 is 1.16 bits per heavy atom. The predicted octanol–water partition coefficient (Wildman–Crippen LogP) is 6.25. The van der Waals surface area contributed by atoms with Crippen LogP contribution in [0, 0.1) is 0 Å². The van der Waals surface area contributed by atoms with E-state index in [1.807, 2.05) is 17.5 Å². The lowest BCUT2D eigenvalue weighted by atomic mass is 10.1. The van der Waals surface area contributed by atoms with E-state index in [4.69, 9.17) is 32.9 Å². The van der Waals surface area contributed by atoms with E-state index in [-0.39, 0.29) is 4.90 Å². The second kappa shape index (κ2) is 9.89. The molecular weight excluding hydrogens is 555 g/mol. The van der Waals surface area contributed by atoms with Gasteiger partial charge in [-0.15, -0.1) is 11.3 Å². The van der Waals surface area contributed by atoms with Gasteiger partial charge in [-0.1, -0.05) is 39.1 Å². The minimum atomic E-state index is -3.50. The molecule has 0 radical (unpaired) electrons. The van der Waals surface area contributed by atoms with Crippen LogP contribution in [0.15, 0.2) is 51.1 Å². The summed E-state index contributed by atoms with van der Waals surface area (Å²) in [4.78, 5) is 7.15. The van der Waals surface area contributed by atoms with Crippen molar-refractivity contribution in [3.63, 3.8) is 0 Å². The van der Waals surface area contributed by atoms with Gasteiger partial charge in [0.2, 0.25) is 0 Å². The zero-order valence-electron chi connectivity index (χ0n) is 17.2. The fourth-order valence-corrected chi connectivity index (χ4v) is 7.73. The first-order chi connectivity index (χ1) is 15.3. The largest absolute Gasteiger partial charge is 0.495 e. The number of piperidine rings is 1. The molecule has 0 bridgehead atoms. The maximum absolute atomic E-state index is 13.3. The van der Waals surface area contributed by atoms with Gasteiger partial charge in [0.25, 0.3) is 0 Å². The van der Waals surface area contributed by atoms with Gasteiger partial charge in [0.15, 0.2) is 15.0 Å². The summed E-state index contributed by atoms with van der Waals surface area (Å²) in [6, 6.07) is 10.6. The van der Waals surface area contributed by atoms with Gasteiger partial charge in [0.1, 0.15) is 10.6 Å². The molecule has 1 aromatic heterocycles. The lowest BCUT2D eigenvalue weighted by Crippen LogP contribution is -2.39. The van der Waals surface area contributed by atoms with Crippen LogP contribution in [0.2, 0.25) is 10.0 Å². The number of ether oxygens (including phenoxy) is 1. The molecule has 2 heterocycles. The highest BCUT2D eigenvalue weighted by molar-refractivity contribution is 9.10. The normalized spacial score (nSPS) is 15.2. The monoisotopic (exact) mass is 574 g/mol. The van der Waals surface area contributed by atoms with Crippen molar-refractivity contribution in [2.45, 2.75) is 29.4 Å². The number of benzene rings is 2. The highest BCUT2D eigenvalue weighted by atomic mass is 79.9. The predicted molar refractivity (Wildman–Crippen MR) is 134 cm³/mol. The summed E-state index contributed by atoms with van der Waals surface area (Å²) in [5, 5.41) is 3.69. The van der Waals surface area contributed by atoms with Gasteiger partial charge in [-0.3, -0.25) is 0 Å². The summed E-state index contributed by atoms with van der Waals surface area (Å²) in [7, 11) is -2.01. The van der Waals surface area contributed by atoms with Crippen LogP contribution in [0.1, 0.15) is 24.1 Å². The van der Waals surface area contributed by atoms with Crippen LogP contribution < -0.4 is 9.64 Å². The number of thiazole rings is 1. The van der Waals surface area contributed by atoms with Gasteiger partial charge in [0.05, 0.1) is 18.1 Å². The summed E-state index contributed by atoms with van der Waals surface area (Å²) in [5.74, 6) is 0.376. The molecule has 32 heavy (non-hydrogen) atoms. The zero-order valence-corrected chi connectivity index (χ0v) is 22.0. The molecule has 0 unspecified atom stereocenters. The molecule has 0 aliphatic carbocycles. The smallest absolute Gasteiger partial charge is 0.185 e. The molecule has 1 aliphatic heterocycles. The number of rotatable bonds is 6. The van der Waals surface area contributed by atoms with Crippen molar-refractivity contribution in [3.05, 3.63) is 67.6 Å². The van der Waals surface area contributed by atoms with E-state index < -0.39 is 15.1 Å². The van der Waals surface area contributed by atoms with Crippen LogP contribution in [0.4, 0.5) is 5.13 Å². The number of hydrogen-bond acceptors (Lipinski definition) is 6. The molecule has 170 valence electrons. The van der Waals surface area contributed by atoms with Crippen LogP contribution in [0.3, 0.4) is 0 Å². The maximum atomic E-state index is 13.3. The molecule has 0 atom stereocenters. The van der Waals surface area contributed by atoms with Crippen molar-refractivity contribution >= 4 is 65.4 Å². The van der Waals surface area contributed by atoms with E-state index in [1.165, 1.54) is 7.11 Å². The molecule has 3 aromatic rings. The molecule has 0 amide bonds. The summed E-state index contributed by atoms with van der Waals surface area (Å²) in [5.41, 5.74) is 1.95. The van der Waals surface area contributed by atoms with E-state index >= 15 is 0 Å². The van der Waals surface area contributed by atoms with E-state index in [0.717, 1.165) is 16.4 Å². The minimum Gasteiger partial charge on any atom is -0.495 e. The average molecular weight is 576 g/mol. The summed E-state index contributed by atoms with van der Waals surface area (Å²) in [6.07, 6.45) is 1.72. The Morgan fingerprint density at radius 2 is 1.84 bits per heavy atom. The van der Waals surface area contributed by atoms with Crippen molar-refractivity contribution in [1.82, 2.24) is 4.98 Å². The van der Waals surface area contributed by atoms with E-state index in [0.29, 0.717) is 52.6 Å². The Balaban J connectivity index is 1.44. The summed E-state index contributed by atoms with van der Waals surface area (Å²) >= 11 is 17.1. The van der Waals surface area contributed by atoms with Gasteiger partial charge >= 0.3 is 0 Å². The Hall–Kier alpha value is -1.32. The highest BCUT2D eigenvalue weighted by Gasteiger charge is 2.34. The van der Waals surface area contributed by atoms with Crippen LogP contribution in [-0.2, 0) is 16.3 Å². The quantitative estimate of drug-likeness (QED) is 0.347. The number of nitrogens with zero attached hydrogens (tertiary/aromatic N) is 2. The van der Waals surface area contributed by atoms with Crippen LogP contribution in [0.25, 0.3) is 0 Å². The third-order valence-electron chi connectivity index (χ3n) is 5.43. The summed E-state index contributed by atoms with van der Waals surface area (Å²) in [6.45, 7) is 1.27. The Kier molecular flexibility index (Phi) is 7.36. The molecule has 5 nitrogen and oxygen atoms in total. The lowest BCUT2D eigenvalue weighted by molar-refractivity contribution is 0.401. The lowest BCUT2D eigenvalue weighted by Gasteiger charge is -2.31. The molecule has 0 saturated carbocycles. The molecule has 0 N–H and O–H groups in total. The second-order valence-electron chi connectivity index (χ2n) is 7.60. The molecule has 1 aliphatic rings. The first-order valence-corrected chi connectivity index (χ1v) is 14.0. The van der Waals surface area contributed by atoms with E-state index in [9.17, 15) is 8.42 Å². The molecular formula is C22H21BrCl2N2O3S2. The van der Waals surface area contributed by atoms with Crippen LogP contribution in [-0.4, -0.2) is 38.9 Å². The number of hydrogen-bond donors (Lipinski definition) is 0. The zero-order chi connectivity index (χ0) is 22.9. The molecule has 10 heteroatoms. The molecule has 0 spiro atoms. The summed E-state index contributed by atoms with van der Waals surface area (Å²) < 4.78 is 32.6. The van der Waals surface area contributed by atoms with Crippen molar-refractivity contribution in [3.8, 4) is 5.75 Å². The third-order valence-corrected chi connectivity index (χ3v) is 9.59. The van der Waals surface area contributed by atoms with E-state index in [1.54, 1.807) is 35.6 Å². The fourth-order valence-electron chi connectivity index (χ4n) is 3.85. The van der Waals surface area contributed by atoms with Crippen LogP contribution in [0.5, 0.6) is 5.75 Å².